The molecule has 0 amide bonds. The minimum Gasteiger partial charge on any atom is -0.496 e. The summed E-state index contributed by atoms with van der Waals surface area (Å²) in [4.78, 5) is 3.28. The lowest BCUT2D eigenvalue weighted by molar-refractivity contribution is 0.420. The summed E-state index contributed by atoms with van der Waals surface area (Å²) in [7, 11) is 1.70. The third-order valence-corrected chi connectivity index (χ3v) is 2.97. The van der Waals surface area contributed by atoms with E-state index in [9.17, 15) is 0 Å². The highest BCUT2D eigenvalue weighted by atomic mass is 16.5. The number of ether oxygens (including phenoxy) is 1. The van der Waals surface area contributed by atoms with Gasteiger partial charge in [0.15, 0.2) is 0 Å². The second kappa shape index (κ2) is 3.98. The van der Waals surface area contributed by atoms with Gasteiger partial charge in [-0.1, -0.05) is 36.4 Å². The highest BCUT2D eigenvalue weighted by Crippen LogP contribution is 2.34. The van der Waals surface area contributed by atoms with Gasteiger partial charge in [-0.15, -0.1) is 0 Å². The summed E-state index contributed by atoms with van der Waals surface area (Å²) in [5.74, 6) is 0.905. The van der Waals surface area contributed by atoms with E-state index in [0.29, 0.717) is 0 Å². The number of nitrogens with one attached hydrogen (secondary N) is 1. The molecule has 1 heterocycles. The fourth-order valence-electron chi connectivity index (χ4n) is 2.17. The molecular formula is C15H13NO. The summed E-state index contributed by atoms with van der Waals surface area (Å²) in [5.41, 5.74) is 3.48. The van der Waals surface area contributed by atoms with E-state index in [2.05, 4.69) is 23.2 Å². The van der Waals surface area contributed by atoms with Crippen molar-refractivity contribution >= 4 is 10.9 Å². The van der Waals surface area contributed by atoms with Crippen LogP contribution in [0.5, 0.6) is 5.75 Å². The fourth-order valence-corrected chi connectivity index (χ4v) is 2.17. The van der Waals surface area contributed by atoms with E-state index >= 15 is 0 Å². The Balaban J connectivity index is 2.31. The Bertz CT molecular complexity index is 640. The first kappa shape index (κ1) is 9.97. The van der Waals surface area contributed by atoms with Crippen LogP contribution < -0.4 is 4.74 Å². The van der Waals surface area contributed by atoms with Crippen LogP contribution in [0, 0.1) is 0 Å². The monoisotopic (exact) mass is 223 g/mol. The minimum absolute atomic E-state index is 0.905. The molecule has 2 heteroatoms. The summed E-state index contributed by atoms with van der Waals surface area (Å²) in [6.45, 7) is 0. The minimum atomic E-state index is 0.905. The van der Waals surface area contributed by atoms with Crippen molar-refractivity contribution in [1.82, 2.24) is 4.98 Å². The molecule has 0 aliphatic rings. The van der Waals surface area contributed by atoms with Gasteiger partial charge in [0.1, 0.15) is 5.75 Å². The lowest BCUT2D eigenvalue weighted by atomic mass is 10.0. The van der Waals surface area contributed by atoms with Crippen molar-refractivity contribution in [2.24, 2.45) is 0 Å². The van der Waals surface area contributed by atoms with Gasteiger partial charge in [0, 0.05) is 22.7 Å². The number of aromatic nitrogens is 1. The summed E-state index contributed by atoms with van der Waals surface area (Å²) in [5, 5.41) is 1.14. The van der Waals surface area contributed by atoms with Gasteiger partial charge < -0.3 is 9.72 Å². The van der Waals surface area contributed by atoms with Crippen LogP contribution in [-0.2, 0) is 0 Å². The van der Waals surface area contributed by atoms with Crippen LogP contribution in [0.25, 0.3) is 22.0 Å². The molecule has 0 atom stereocenters. The number of rotatable bonds is 2. The molecule has 1 aromatic heterocycles. The molecule has 1 N–H and O–H groups in total. The molecule has 0 saturated carbocycles. The summed E-state index contributed by atoms with van der Waals surface area (Å²) >= 11 is 0. The maximum Gasteiger partial charge on any atom is 0.128 e. The maximum atomic E-state index is 5.43. The number of hydrogen-bond donors (Lipinski definition) is 1. The molecule has 0 spiro atoms. The van der Waals surface area contributed by atoms with Crippen molar-refractivity contribution in [1.29, 1.82) is 0 Å². The Morgan fingerprint density at radius 3 is 2.53 bits per heavy atom. The van der Waals surface area contributed by atoms with E-state index in [0.717, 1.165) is 16.7 Å². The molecule has 2 nitrogen and oxygen atoms in total. The van der Waals surface area contributed by atoms with Gasteiger partial charge in [0.2, 0.25) is 0 Å². The number of benzene rings is 2. The first-order valence-electron chi connectivity index (χ1n) is 5.59. The van der Waals surface area contributed by atoms with Crippen LogP contribution in [0.2, 0.25) is 0 Å². The first-order chi connectivity index (χ1) is 8.40. The molecule has 0 radical (unpaired) electrons. The van der Waals surface area contributed by atoms with Crippen molar-refractivity contribution in [3.8, 4) is 16.9 Å². The molecule has 3 rings (SSSR count). The Hall–Kier alpha value is -2.22. The van der Waals surface area contributed by atoms with Crippen LogP contribution in [0.1, 0.15) is 0 Å². The predicted molar refractivity (Wildman–Crippen MR) is 70.3 cm³/mol. The third-order valence-electron chi connectivity index (χ3n) is 2.97. The lowest BCUT2D eigenvalue weighted by Gasteiger charge is -2.04. The van der Waals surface area contributed by atoms with E-state index in [1.54, 1.807) is 7.11 Å². The summed E-state index contributed by atoms with van der Waals surface area (Å²) in [6.07, 6.45) is 2.03. The quantitative estimate of drug-likeness (QED) is 0.701. The highest BCUT2D eigenvalue weighted by molar-refractivity contribution is 5.99. The second-order valence-electron chi connectivity index (χ2n) is 3.95. The molecule has 0 saturated heterocycles. The molecule has 2 aromatic carbocycles. The fraction of sp³-hybridized carbons (Fsp3) is 0.0667. The zero-order valence-corrected chi connectivity index (χ0v) is 9.60. The standard InChI is InChI=1S/C15H13NO/c1-17-14-9-5-8-13-15(14)12(10-16-13)11-6-3-2-4-7-11/h2-10,16H,1H3. The van der Waals surface area contributed by atoms with E-state index in [1.807, 2.05) is 36.5 Å². The Labute approximate surface area is 99.9 Å². The molecule has 0 fully saturated rings. The first-order valence-corrected chi connectivity index (χ1v) is 5.59. The van der Waals surface area contributed by atoms with Crippen LogP contribution >= 0.6 is 0 Å². The molecule has 84 valence electrons. The Kier molecular flexibility index (Phi) is 2.33. The molecule has 0 aliphatic carbocycles. The van der Waals surface area contributed by atoms with Crippen molar-refractivity contribution in [3.05, 3.63) is 54.7 Å². The molecule has 0 bridgehead atoms. The van der Waals surface area contributed by atoms with Gasteiger partial charge in [-0.25, -0.2) is 0 Å². The zero-order chi connectivity index (χ0) is 11.7. The van der Waals surface area contributed by atoms with Gasteiger partial charge in [0.25, 0.3) is 0 Å². The average Bonchev–Trinajstić information content (AvgIpc) is 2.83. The van der Waals surface area contributed by atoms with Crippen molar-refractivity contribution in [2.75, 3.05) is 7.11 Å². The van der Waals surface area contributed by atoms with E-state index in [-0.39, 0.29) is 0 Å². The Morgan fingerprint density at radius 1 is 0.941 bits per heavy atom. The smallest absolute Gasteiger partial charge is 0.128 e. The van der Waals surface area contributed by atoms with Crippen LogP contribution in [0.15, 0.2) is 54.7 Å². The normalized spacial score (nSPS) is 10.6. The van der Waals surface area contributed by atoms with E-state index in [4.69, 9.17) is 4.74 Å². The second-order valence-corrected chi connectivity index (χ2v) is 3.95. The Morgan fingerprint density at radius 2 is 1.76 bits per heavy atom. The van der Waals surface area contributed by atoms with Gasteiger partial charge >= 0.3 is 0 Å². The lowest BCUT2D eigenvalue weighted by Crippen LogP contribution is -1.84. The van der Waals surface area contributed by atoms with Gasteiger partial charge in [-0.3, -0.25) is 0 Å². The predicted octanol–water partition coefficient (Wildman–Crippen LogP) is 3.84. The molecule has 0 unspecified atom stereocenters. The van der Waals surface area contributed by atoms with Crippen molar-refractivity contribution < 1.29 is 4.74 Å². The summed E-state index contributed by atoms with van der Waals surface area (Å²) in [6, 6.07) is 16.4. The molecule has 0 aliphatic heterocycles. The molecular weight excluding hydrogens is 210 g/mol. The molecule has 3 aromatic rings. The average molecular weight is 223 g/mol. The molecule has 17 heavy (non-hydrogen) atoms. The number of fused-ring (bicyclic) bond motifs is 1. The van der Waals surface area contributed by atoms with Crippen LogP contribution in [0.3, 0.4) is 0 Å². The number of methoxy groups -OCH3 is 1. The largest absolute Gasteiger partial charge is 0.496 e. The summed E-state index contributed by atoms with van der Waals surface area (Å²) < 4.78 is 5.43. The number of hydrogen-bond acceptors (Lipinski definition) is 1. The number of H-pyrrole nitrogens is 1. The zero-order valence-electron chi connectivity index (χ0n) is 9.60. The van der Waals surface area contributed by atoms with Crippen LogP contribution in [-0.4, -0.2) is 12.1 Å². The van der Waals surface area contributed by atoms with E-state index in [1.165, 1.54) is 11.1 Å². The van der Waals surface area contributed by atoms with Crippen molar-refractivity contribution in [2.45, 2.75) is 0 Å². The number of aromatic amines is 1. The van der Waals surface area contributed by atoms with Gasteiger partial charge in [-0.2, -0.15) is 0 Å². The van der Waals surface area contributed by atoms with Gasteiger partial charge in [0.05, 0.1) is 7.11 Å². The topological polar surface area (TPSA) is 25.0 Å². The van der Waals surface area contributed by atoms with Crippen molar-refractivity contribution in [3.63, 3.8) is 0 Å². The SMILES string of the molecule is COc1cccc2[nH]cc(-c3ccccc3)c12. The van der Waals surface area contributed by atoms with Gasteiger partial charge in [-0.05, 0) is 17.7 Å². The van der Waals surface area contributed by atoms with Crippen LogP contribution in [0.4, 0.5) is 0 Å². The maximum absolute atomic E-state index is 5.43. The highest BCUT2D eigenvalue weighted by Gasteiger charge is 2.09. The third kappa shape index (κ3) is 1.58. The van der Waals surface area contributed by atoms with E-state index < -0.39 is 0 Å².